The molecule has 0 saturated carbocycles. The van der Waals surface area contributed by atoms with Gasteiger partial charge in [-0.2, -0.15) is 10.5 Å². The van der Waals surface area contributed by atoms with E-state index in [1.54, 1.807) is 24.3 Å². The minimum absolute atomic E-state index is 0.0486. The van der Waals surface area contributed by atoms with Crippen LogP contribution in [-0.2, 0) is 0 Å². The van der Waals surface area contributed by atoms with Gasteiger partial charge in [-0.05, 0) is 24.3 Å². The molecule has 0 heterocycles. The molecule has 0 aliphatic heterocycles. The van der Waals surface area contributed by atoms with Crippen LogP contribution in [0, 0.1) is 22.7 Å². The second-order valence-corrected chi connectivity index (χ2v) is 6.54. The normalized spacial score (nSPS) is 9.46. The number of rotatable bonds is 6. The number of Topliss-reactive ketones (excluding diaryl/α,β-unsaturated/α-hetero) is 1. The molecule has 118 valence electrons. The highest BCUT2D eigenvalue weighted by Gasteiger charge is 2.12. The number of ketones is 1. The SMILES string of the molecule is N#CC(C#N)=C(Nc1ccccc1)SCC(=O)c1ccc(Br)cc1. The molecule has 0 bridgehead atoms. The van der Waals surface area contributed by atoms with Gasteiger partial charge < -0.3 is 5.32 Å². The van der Waals surface area contributed by atoms with E-state index < -0.39 is 0 Å². The van der Waals surface area contributed by atoms with Gasteiger partial charge in [-0.3, -0.25) is 4.79 Å². The van der Waals surface area contributed by atoms with Crippen LogP contribution in [0.3, 0.4) is 0 Å². The number of halogens is 1. The van der Waals surface area contributed by atoms with Crippen molar-refractivity contribution >= 4 is 39.2 Å². The number of para-hydroxylation sites is 1. The fourth-order valence-electron chi connectivity index (χ4n) is 1.81. The number of allylic oxidation sites excluding steroid dienone is 1. The highest BCUT2D eigenvalue weighted by molar-refractivity contribution is 9.10. The molecular formula is C18H12BrN3OS. The highest BCUT2D eigenvalue weighted by atomic mass is 79.9. The summed E-state index contributed by atoms with van der Waals surface area (Å²) in [7, 11) is 0. The molecule has 2 aromatic rings. The molecule has 0 aromatic heterocycles. The molecule has 24 heavy (non-hydrogen) atoms. The first-order chi connectivity index (χ1) is 11.6. The Morgan fingerprint density at radius 1 is 1.04 bits per heavy atom. The van der Waals surface area contributed by atoms with Crippen LogP contribution in [0.5, 0.6) is 0 Å². The Kier molecular flexibility index (Phi) is 6.62. The molecule has 0 spiro atoms. The van der Waals surface area contributed by atoms with Gasteiger partial charge in [0.15, 0.2) is 11.4 Å². The van der Waals surface area contributed by atoms with E-state index >= 15 is 0 Å². The van der Waals surface area contributed by atoms with Crippen molar-refractivity contribution in [3.05, 3.63) is 75.2 Å². The Morgan fingerprint density at radius 2 is 1.67 bits per heavy atom. The monoisotopic (exact) mass is 397 g/mol. The van der Waals surface area contributed by atoms with Crippen LogP contribution in [0.25, 0.3) is 0 Å². The summed E-state index contributed by atoms with van der Waals surface area (Å²) in [6.07, 6.45) is 0. The average Bonchev–Trinajstić information content (AvgIpc) is 2.61. The van der Waals surface area contributed by atoms with Gasteiger partial charge in [0.05, 0.1) is 5.75 Å². The number of anilines is 1. The lowest BCUT2D eigenvalue weighted by atomic mass is 10.2. The van der Waals surface area contributed by atoms with E-state index in [4.69, 9.17) is 10.5 Å². The lowest BCUT2D eigenvalue weighted by molar-refractivity contribution is 0.102. The zero-order valence-corrected chi connectivity index (χ0v) is 14.9. The minimum Gasteiger partial charge on any atom is -0.349 e. The fraction of sp³-hybridized carbons (Fsp3) is 0.0556. The topological polar surface area (TPSA) is 76.7 Å². The number of benzene rings is 2. The van der Waals surface area contributed by atoms with Gasteiger partial charge in [0.25, 0.3) is 0 Å². The summed E-state index contributed by atoms with van der Waals surface area (Å²) < 4.78 is 0.897. The molecule has 0 fully saturated rings. The Morgan fingerprint density at radius 3 is 2.25 bits per heavy atom. The predicted octanol–water partition coefficient (Wildman–Crippen LogP) is 4.74. The molecule has 0 atom stereocenters. The lowest BCUT2D eigenvalue weighted by Crippen LogP contribution is -2.06. The summed E-state index contributed by atoms with van der Waals surface area (Å²) in [5.41, 5.74) is 1.28. The number of hydrogen-bond donors (Lipinski definition) is 1. The molecule has 2 aromatic carbocycles. The van der Waals surface area contributed by atoms with Crippen molar-refractivity contribution < 1.29 is 4.79 Å². The summed E-state index contributed by atoms with van der Waals surface area (Å²) >= 11 is 4.47. The number of nitrogens with zero attached hydrogens (tertiary/aromatic N) is 2. The molecule has 0 aliphatic rings. The van der Waals surface area contributed by atoms with Gasteiger partial charge in [0.1, 0.15) is 17.2 Å². The van der Waals surface area contributed by atoms with Crippen LogP contribution < -0.4 is 5.32 Å². The number of hydrogen-bond acceptors (Lipinski definition) is 5. The summed E-state index contributed by atoms with van der Waals surface area (Å²) in [6.45, 7) is 0. The summed E-state index contributed by atoms with van der Waals surface area (Å²) in [4.78, 5) is 12.3. The molecule has 6 heteroatoms. The van der Waals surface area contributed by atoms with Crippen molar-refractivity contribution in [2.75, 3.05) is 11.1 Å². The summed E-state index contributed by atoms with van der Waals surface area (Å²) in [5, 5.41) is 21.6. The Bertz CT molecular complexity index is 817. The van der Waals surface area contributed by atoms with Gasteiger partial charge in [-0.25, -0.2) is 0 Å². The molecule has 2 rings (SSSR count). The standard InChI is InChI=1S/C18H12BrN3OS/c19-15-8-6-13(7-9-15)17(23)12-24-18(14(10-20)11-21)22-16-4-2-1-3-5-16/h1-9,22H,12H2. The molecule has 0 aliphatic carbocycles. The maximum Gasteiger partial charge on any atom is 0.173 e. The van der Waals surface area contributed by atoms with Crippen molar-refractivity contribution in [1.29, 1.82) is 10.5 Å². The first kappa shape index (κ1) is 17.8. The van der Waals surface area contributed by atoms with Crippen LogP contribution in [0.1, 0.15) is 10.4 Å². The average molecular weight is 398 g/mol. The van der Waals surface area contributed by atoms with Gasteiger partial charge in [0, 0.05) is 15.7 Å². The maximum atomic E-state index is 12.3. The van der Waals surface area contributed by atoms with Gasteiger partial charge in [-0.15, -0.1) is 0 Å². The molecular weight excluding hydrogens is 386 g/mol. The van der Waals surface area contributed by atoms with E-state index in [0.717, 1.165) is 21.9 Å². The van der Waals surface area contributed by atoms with E-state index in [1.807, 2.05) is 42.5 Å². The van der Waals surface area contributed by atoms with Crippen molar-refractivity contribution in [2.24, 2.45) is 0 Å². The molecule has 1 N–H and O–H groups in total. The van der Waals surface area contributed by atoms with Crippen LogP contribution in [0.15, 0.2) is 69.7 Å². The second-order valence-electron chi connectivity index (χ2n) is 4.64. The summed E-state index contributed by atoms with van der Waals surface area (Å²) in [5.74, 6) is 0.0546. The third-order valence-electron chi connectivity index (χ3n) is 3.00. The lowest BCUT2D eigenvalue weighted by Gasteiger charge is -2.10. The zero-order valence-electron chi connectivity index (χ0n) is 12.5. The van der Waals surface area contributed by atoms with Gasteiger partial charge in [-0.1, -0.05) is 58.0 Å². The Hall–Kier alpha value is -2.54. The minimum atomic E-state index is -0.0740. The van der Waals surface area contributed by atoms with Crippen molar-refractivity contribution in [3.8, 4) is 12.1 Å². The van der Waals surface area contributed by atoms with Crippen molar-refractivity contribution in [1.82, 2.24) is 0 Å². The Balaban J connectivity index is 2.13. The molecule has 0 amide bonds. The van der Waals surface area contributed by atoms with E-state index in [9.17, 15) is 4.79 Å². The Labute approximate surface area is 152 Å². The third-order valence-corrected chi connectivity index (χ3v) is 4.53. The van der Waals surface area contributed by atoms with Crippen LogP contribution in [-0.4, -0.2) is 11.5 Å². The van der Waals surface area contributed by atoms with Crippen molar-refractivity contribution in [2.45, 2.75) is 0 Å². The smallest absolute Gasteiger partial charge is 0.173 e. The largest absolute Gasteiger partial charge is 0.349 e. The van der Waals surface area contributed by atoms with E-state index in [1.165, 1.54) is 0 Å². The zero-order chi connectivity index (χ0) is 17.4. The van der Waals surface area contributed by atoms with Crippen LogP contribution in [0.2, 0.25) is 0 Å². The van der Waals surface area contributed by atoms with Gasteiger partial charge >= 0.3 is 0 Å². The molecule has 4 nitrogen and oxygen atoms in total. The van der Waals surface area contributed by atoms with E-state index in [-0.39, 0.29) is 17.1 Å². The predicted molar refractivity (Wildman–Crippen MR) is 99.2 cm³/mol. The first-order valence-corrected chi connectivity index (χ1v) is 8.70. The quantitative estimate of drug-likeness (QED) is 0.562. The molecule has 0 saturated heterocycles. The molecule has 0 radical (unpaired) electrons. The van der Waals surface area contributed by atoms with Gasteiger partial charge in [0.2, 0.25) is 0 Å². The highest BCUT2D eigenvalue weighted by Crippen LogP contribution is 2.24. The van der Waals surface area contributed by atoms with Crippen LogP contribution in [0.4, 0.5) is 5.69 Å². The number of nitriles is 2. The second kappa shape index (κ2) is 8.93. The first-order valence-electron chi connectivity index (χ1n) is 6.92. The number of nitrogens with one attached hydrogen (secondary N) is 1. The fourth-order valence-corrected chi connectivity index (χ4v) is 2.94. The third kappa shape index (κ3) is 4.99. The number of thioether (sulfide) groups is 1. The number of carbonyl (C=O) groups is 1. The summed E-state index contributed by atoms with van der Waals surface area (Å²) in [6, 6.07) is 20.0. The van der Waals surface area contributed by atoms with Crippen molar-refractivity contribution in [3.63, 3.8) is 0 Å². The molecule has 0 unspecified atom stereocenters. The number of carbonyl (C=O) groups excluding carboxylic acids is 1. The van der Waals surface area contributed by atoms with Crippen LogP contribution >= 0.6 is 27.7 Å². The maximum absolute atomic E-state index is 12.3. The van der Waals surface area contributed by atoms with E-state index in [2.05, 4.69) is 21.2 Å². The van der Waals surface area contributed by atoms with E-state index in [0.29, 0.717) is 10.6 Å².